The number of aliphatic hydroxyl groups excluding tert-OH is 1. The van der Waals surface area contributed by atoms with Crippen LogP contribution in [0, 0.1) is 0 Å². The van der Waals surface area contributed by atoms with Crippen LogP contribution in [0.4, 0.5) is 10.5 Å². The Labute approximate surface area is 111 Å². The zero-order chi connectivity index (χ0) is 14.0. The molecule has 1 aromatic rings. The number of hydrogen-bond acceptors (Lipinski definition) is 4. The van der Waals surface area contributed by atoms with Gasteiger partial charge in [0.05, 0.1) is 7.11 Å². The van der Waals surface area contributed by atoms with Gasteiger partial charge in [-0.25, -0.2) is 9.59 Å². The Morgan fingerprint density at radius 1 is 1.42 bits per heavy atom. The smallest absolute Gasteiger partial charge is 0.339 e. The number of hydrogen-bond donors (Lipinski definition) is 1. The van der Waals surface area contributed by atoms with E-state index >= 15 is 0 Å². The lowest BCUT2D eigenvalue weighted by molar-refractivity contribution is -0.150. The van der Waals surface area contributed by atoms with Crippen LogP contribution in [0.2, 0.25) is 0 Å². The molecule has 1 heterocycles. The number of methoxy groups -OCH3 is 1. The third-order valence-electron chi connectivity index (χ3n) is 3.14. The molecule has 1 saturated heterocycles. The number of rotatable bonds is 3. The summed E-state index contributed by atoms with van der Waals surface area (Å²) >= 11 is 0. The first kappa shape index (κ1) is 13.4. The van der Waals surface area contributed by atoms with Crippen LogP contribution in [0.1, 0.15) is 11.7 Å². The number of esters is 1. The van der Waals surface area contributed by atoms with E-state index in [0.29, 0.717) is 24.3 Å². The molecule has 0 aliphatic carbocycles. The predicted molar refractivity (Wildman–Crippen MR) is 68.8 cm³/mol. The lowest BCUT2D eigenvalue weighted by atomic mass is 10.1. The number of nitrogens with zero attached hydrogens (tertiary/aromatic N) is 2. The van der Waals surface area contributed by atoms with Gasteiger partial charge in [0.15, 0.2) is 6.10 Å². The largest absolute Gasteiger partial charge is 0.467 e. The fraction of sp³-hybridized carbons (Fsp3) is 0.385. The highest BCUT2D eigenvalue weighted by Crippen LogP contribution is 2.24. The van der Waals surface area contributed by atoms with Crippen molar-refractivity contribution in [2.75, 3.05) is 32.1 Å². The average molecular weight is 264 g/mol. The molecule has 1 aliphatic rings. The summed E-state index contributed by atoms with van der Waals surface area (Å²) in [5, 5.41) is 9.79. The van der Waals surface area contributed by atoms with Crippen molar-refractivity contribution >= 4 is 17.7 Å². The van der Waals surface area contributed by atoms with Crippen LogP contribution < -0.4 is 4.90 Å². The molecular formula is C13H16N2O4. The third-order valence-corrected chi connectivity index (χ3v) is 3.14. The van der Waals surface area contributed by atoms with Crippen LogP contribution in [0.25, 0.3) is 0 Å². The van der Waals surface area contributed by atoms with Gasteiger partial charge in [-0.05, 0) is 17.7 Å². The van der Waals surface area contributed by atoms with Gasteiger partial charge in [0.25, 0.3) is 0 Å². The van der Waals surface area contributed by atoms with Crippen LogP contribution in [0.3, 0.4) is 0 Å². The predicted octanol–water partition coefficient (Wildman–Crippen LogP) is 0.765. The standard InChI is InChI=1S/C13H16N2O4/c1-14-6-7-15(13(14)18)10-5-3-4-9(8-10)11(16)12(17)19-2/h3-5,8,11,16H,6-7H2,1-2H3. The zero-order valence-corrected chi connectivity index (χ0v) is 10.9. The quantitative estimate of drug-likeness (QED) is 0.818. The van der Waals surface area contributed by atoms with E-state index in [-0.39, 0.29) is 6.03 Å². The Kier molecular flexibility index (Phi) is 3.71. The summed E-state index contributed by atoms with van der Waals surface area (Å²) in [6, 6.07) is 6.62. The number of ether oxygens (including phenoxy) is 1. The maximum absolute atomic E-state index is 11.9. The number of aliphatic hydroxyl groups is 1. The normalized spacial score (nSPS) is 16.7. The number of carbonyl (C=O) groups is 2. The summed E-state index contributed by atoms with van der Waals surface area (Å²) in [6.45, 7) is 1.25. The number of urea groups is 1. The van der Waals surface area contributed by atoms with Crippen LogP contribution in [-0.4, -0.2) is 49.3 Å². The van der Waals surface area contributed by atoms with Crippen molar-refractivity contribution < 1.29 is 19.4 Å². The average Bonchev–Trinajstić information content (AvgIpc) is 2.77. The molecule has 1 fully saturated rings. The molecule has 0 aromatic heterocycles. The van der Waals surface area contributed by atoms with Gasteiger partial charge in [0.1, 0.15) is 0 Å². The van der Waals surface area contributed by atoms with Gasteiger partial charge in [-0.3, -0.25) is 4.90 Å². The molecule has 2 rings (SSSR count). The second-order valence-electron chi connectivity index (χ2n) is 4.38. The van der Waals surface area contributed by atoms with Gasteiger partial charge in [-0.1, -0.05) is 12.1 Å². The second-order valence-corrected chi connectivity index (χ2v) is 4.38. The molecule has 6 nitrogen and oxygen atoms in total. The number of likely N-dealkylation sites (N-methyl/N-ethyl adjacent to an activating group) is 1. The summed E-state index contributed by atoms with van der Waals surface area (Å²) in [5.74, 6) is -0.720. The lowest BCUT2D eigenvalue weighted by Crippen LogP contribution is -2.29. The van der Waals surface area contributed by atoms with Crippen molar-refractivity contribution in [3.8, 4) is 0 Å². The Morgan fingerprint density at radius 3 is 2.74 bits per heavy atom. The molecule has 0 saturated carbocycles. The molecule has 1 unspecified atom stereocenters. The van der Waals surface area contributed by atoms with Crippen molar-refractivity contribution in [3.63, 3.8) is 0 Å². The van der Waals surface area contributed by atoms with Gasteiger partial charge < -0.3 is 14.7 Å². The van der Waals surface area contributed by atoms with E-state index in [9.17, 15) is 14.7 Å². The Morgan fingerprint density at radius 2 is 2.16 bits per heavy atom. The summed E-state index contributed by atoms with van der Waals surface area (Å²) in [5.41, 5.74) is 1.07. The van der Waals surface area contributed by atoms with E-state index in [1.807, 2.05) is 0 Å². The fourth-order valence-electron chi connectivity index (χ4n) is 2.00. The molecule has 19 heavy (non-hydrogen) atoms. The van der Waals surface area contributed by atoms with E-state index in [4.69, 9.17) is 0 Å². The summed E-state index contributed by atoms with van der Waals surface area (Å²) in [7, 11) is 2.95. The minimum Gasteiger partial charge on any atom is -0.467 e. The van der Waals surface area contributed by atoms with Gasteiger partial charge in [0, 0.05) is 25.8 Å². The first-order chi connectivity index (χ1) is 9.04. The molecule has 6 heteroatoms. The number of carbonyl (C=O) groups excluding carboxylic acids is 2. The summed E-state index contributed by atoms with van der Waals surface area (Å²) < 4.78 is 4.49. The Balaban J connectivity index is 2.25. The topological polar surface area (TPSA) is 70.1 Å². The van der Waals surface area contributed by atoms with Gasteiger partial charge in [-0.2, -0.15) is 0 Å². The second kappa shape index (κ2) is 5.27. The molecular weight excluding hydrogens is 248 g/mol. The highest BCUT2D eigenvalue weighted by molar-refractivity contribution is 5.94. The first-order valence-corrected chi connectivity index (χ1v) is 5.93. The lowest BCUT2D eigenvalue weighted by Gasteiger charge is -2.17. The van der Waals surface area contributed by atoms with Crippen molar-refractivity contribution in [2.45, 2.75) is 6.10 Å². The maximum Gasteiger partial charge on any atom is 0.339 e. The third kappa shape index (κ3) is 2.53. The monoisotopic (exact) mass is 264 g/mol. The summed E-state index contributed by atoms with van der Waals surface area (Å²) in [6.07, 6.45) is -1.33. The summed E-state index contributed by atoms with van der Waals surface area (Å²) in [4.78, 5) is 26.4. The maximum atomic E-state index is 11.9. The highest BCUT2D eigenvalue weighted by Gasteiger charge is 2.27. The fourth-order valence-corrected chi connectivity index (χ4v) is 2.00. The molecule has 0 bridgehead atoms. The highest BCUT2D eigenvalue weighted by atomic mass is 16.5. The molecule has 1 atom stereocenters. The molecule has 1 aliphatic heterocycles. The zero-order valence-electron chi connectivity index (χ0n) is 10.9. The van der Waals surface area contributed by atoms with E-state index in [1.54, 1.807) is 41.1 Å². The van der Waals surface area contributed by atoms with E-state index in [1.165, 1.54) is 7.11 Å². The number of benzene rings is 1. The van der Waals surface area contributed by atoms with E-state index in [0.717, 1.165) is 0 Å². The molecule has 2 amide bonds. The van der Waals surface area contributed by atoms with E-state index < -0.39 is 12.1 Å². The molecule has 1 N–H and O–H groups in total. The molecule has 0 radical (unpaired) electrons. The van der Waals surface area contributed by atoms with Crippen molar-refractivity contribution in [1.82, 2.24) is 4.90 Å². The van der Waals surface area contributed by atoms with Crippen molar-refractivity contribution in [1.29, 1.82) is 0 Å². The SMILES string of the molecule is COC(=O)C(O)c1cccc(N2CCN(C)C2=O)c1. The van der Waals surface area contributed by atoms with E-state index in [2.05, 4.69) is 4.74 Å². The Hall–Kier alpha value is -2.08. The molecule has 1 aromatic carbocycles. The van der Waals surface area contributed by atoms with Crippen LogP contribution in [0.15, 0.2) is 24.3 Å². The van der Waals surface area contributed by atoms with Crippen molar-refractivity contribution in [3.05, 3.63) is 29.8 Å². The van der Waals surface area contributed by atoms with Gasteiger partial charge in [-0.15, -0.1) is 0 Å². The number of amides is 2. The number of anilines is 1. The van der Waals surface area contributed by atoms with Crippen LogP contribution >= 0.6 is 0 Å². The minimum atomic E-state index is -1.33. The van der Waals surface area contributed by atoms with Crippen molar-refractivity contribution in [2.24, 2.45) is 0 Å². The molecule has 0 spiro atoms. The van der Waals surface area contributed by atoms with Crippen LogP contribution in [-0.2, 0) is 9.53 Å². The van der Waals surface area contributed by atoms with Gasteiger partial charge >= 0.3 is 12.0 Å². The van der Waals surface area contributed by atoms with Crippen LogP contribution in [0.5, 0.6) is 0 Å². The molecule has 102 valence electrons. The minimum absolute atomic E-state index is 0.0929. The first-order valence-electron chi connectivity index (χ1n) is 5.93. The Bertz CT molecular complexity index is 503. The van der Waals surface area contributed by atoms with Gasteiger partial charge in [0.2, 0.25) is 0 Å².